The number of carbonyl (C=O) groups excluding carboxylic acids is 1. The minimum atomic E-state index is -1.26. The lowest BCUT2D eigenvalue weighted by Crippen LogP contribution is -2.66. The number of carboxylic acids is 2. The number of Topliss-reactive ketones (excluding diaryl/α,β-unsaturated/α-hetero) is 1. The van der Waals surface area contributed by atoms with Crippen molar-refractivity contribution in [2.75, 3.05) is 27.3 Å². The zero-order chi connectivity index (χ0) is 28.8. The molecule has 4 rings (SSSR count). The normalized spacial score (nSPS) is 37.5. The molecule has 0 radical (unpaired) electrons. The van der Waals surface area contributed by atoms with Crippen molar-refractivity contribution >= 4 is 29.1 Å². The number of hydrogen-bond acceptors (Lipinski definition) is 9. The highest BCUT2D eigenvalue weighted by atomic mass is 16.6. The third-order valence-electron chi connectivity index (χ3n) is 9.63. The third kappa shape index (κ3) is 6.19. The largest absolute Gasteiger partial charge is 0.478 e. The maximum absolute atomic E-state index is 12.7. The molecule has 0 saturated heterocycles. The summed E-state index contributed by atoms with van der Waals surface area (Å²) in [5.74, 6) is -0.941. The predicted octanol–water partition coefficient (Wildman–Crippen LogP) is 3.02. The Labute approximate surface area is 229 Å². The molecule has 0 aromatic heterocycles. The lowest BCUT2D eigenvalue weighted by molar-refractivity contribution is -0.146. The van der Waals surface area contributed by atoms with Gasteiger partial charge in [-0.1, -0.05) is 24.2 Å². The molecule has 4 aliphatic rings. The van der Waals surface area contributed by atoms with Gasteiger partial charge in [-0.25, -0.2) is 9.59 Å². The summed E-state index contributed by atoms with van der Waals surface area (Å²) in [6.07, 6.45) is 8.45. The van der Waals surface area contributed by atoms with Crippen molar-refractivity contribution in [1.29, 1.82) is 0 Å². The van der Waals surface area contributed by atoms with Gasteiger partial charge in [0, 0.05) is 35.8 Å². The number of nitrogens with zero attached hydrogens (tertiary/aromatic N) is 2. The van der Waals surface area contributed by atoms with Crippen molar-refractivity contribution in [3.05, 3.63) is 12.2 Å². The fourth-order valence-corrected chi connectivity index (χ4v) is 7.54. The van der Waals surface area contributed by atoms with Gasteiger partial charge in [0.25, 0.3) is 0 Å². The van der Waals surface area contributed by atoms with Crippen LogP contribution in [0.4, 0.5) is 0 Å². The number of oxime groups is 2. The molecule has 0 heterocycles. The van der Waals surface area contributed by atoms with Gasteiger partial charge in [-0.3, -0.25) is 4.79 Å². The Morgan fingerprint density at radius 3 is 2.38 bits per heavy atom. The summed E-state index contributed by atoms with van der Waals surface area (Å²) in [6.45, 7) is 5.87. The van der Waals surface area contributed by atoms with E-state index in [0.29, 0.717) is 61.6 Å². The fraction of sp³-hybridized carbons (Fsp3) is 0.750. The Kier molecular flexibility index (Phi) is 9.93. The number of rotatable bonds is 8. The topological polar surface area (TPSA) is 167 Å². The van der Waals surface area contributed by atoms with Crippen molar-refractivity contribution in [1.82, 2.24) is 5.32 Å². The van der Waals surface area contributed by atoms with Gasteiger partial charge < -0.3 is 30.3 Å². The van der Waals surface area contributed by atoms with E-state index in [1.54, 1.807) is 7.11 Å². The zero-order valence-corrected chi connectivity index (χ0v) is 23.4. The van der Waals surface area contributed by atoms with Crippen molar-refractivity contribution in [3.63, 3.8) is 0 Å². The summed E-state index contributed by atoms with van der Waals surface area (Å²) in [7, 11) is 3.47. The Bertz CT molecular complexity index is 1010. The first kappa shape index (κ1) is 30.7. The van der Waals surface area contributed by atoms with E-state index in [9.17, 15) is 19.5 Å². The molecule has 0 amide bonds. The molecule has 6 atom stereocenters. The first-order valence-electron chi connectivity index (χ1n) is 13.8. The third-order valence-corrected chi connectivity index (χ3v) is 9.63. The summed E-state index contributed by atoms with van der Waals surface area (Å²) < 4.78 is 0. The van der Waals surface area contributed by atoms with E-state index >= 15 is 0 Å². The van der Waals surface area contributed by atoms with Crippen LogP contribution in [-0.2, 0) is 24.1 Å². The quantitative estimate of drug-likeness (QED) is 0.202. The highest BCUT2D eigenvalue weighted by Gasteiger charge is 2.66. The molecule has 4 aliphatic carbocycles. The monoisotopic (exact) mass is 549 g/mol. The Morgan fingerprint density at radius 2 is 1.77 bits per heavy atom. The lowest BCUT2D eigenvalue weighted by Gasteiger charge is -2.62. The molecule has 4 saturated carbocycles. The summed E-state index contributed by atoms with van der Waals surface area (Å²) in [5.41, 5.74) is 0.0543. The van der Waals surface area contributed by atoms with Crippen LogP contribution in [0, 0.1) is 28.6 Å². The van der Waals surface area contributed by atoms with Crippen LogP contribution in [0.5, 0.6) is 0 Å². The highest BCUT2D eigenvalue weighted by molar-refractivity contribution is 6.01. The summed E-state index contributed by atoms with van der Waals surface area (Å²) in [4.78, 5) is 42.6. The van der Waals surface area contributed by atoms with E-state index in [-0.39, 0.29) is 10.8 Å². The standard InChI is InChI=1S/C24H39N3O4.C4H4O4/c1-22-10-9-19-17(18(22)6-7-21(22)28)14-20(27-30-4)24(29)15-16(8-11-23(19,24)2)26-31-13-5-12-25-3;5-3(6)1-2-4(7)8/h17-19,25,29H,5-15H2,1-4H3;1-2H,(H,5,6)(H,7,8)/b26-16?,27-20+;2-1+/t17-,18-,19-,22-,23+,24-;/m0./s1. The molecule has 218 valence electrons. The van der Waals surface area contributed by atoms with Crippen LogP contribution in [0.3, 0.4) is 0 Å². The summed E-state index contributed by atoms with van der Waals surface area (Å²) in [5, 5.41) is 39.6. The number of carboxylic acid groups (broad SMARTS) is 2. The van der Waals surface area contributed by atoms with Crippen molar-refractivity contribution in [2.45, 2.75) is 77.2 Å². The van der Waals surface area contributed by atoms with Gasteiger partial charge in [0.05, 0.1) is 11.4 Å². The number of aliphatic hydroxyl groups is 1. The van der Waals surface area contributed by atoms with Crippen LogP contribution >= 0.6 is 0 Å². The van der Waals surface area contributed by atoms with E-state index in [0.717, 1.165) is 56.5 Å². The van der Waals surface area contributed by atoms with Gasteiger partial charge >= 0.3 is 11.9 Å². The molecule has 11 heteroatoms. The average molecular weight is 550 g/mol. The molecule has 0 aliphatic heterocycles. The number of aliphatic carboxylic acids is 2. The molecule has 4 N–H and O–H groups in total. The van der Waals surface area contributed by atoms with Gasteiger partial charge in [0.1, 0.15) is 25.1 Å². The van der Waals surface area contributed by atoms with E-state index in [2.05, 4.69) is 29.5 Å². The molecule has 0 bridgehead atoms. The van der Waals surface area contributed by atoms with Crippen molar-refractivity contribution in [3.8, 4) is 0 Å². The number of hydrogen-bond donors (Lipinski definition) is 4. The Hall–Kier alpha value is -2.79. The second kappa shape index (κ2) is 12.6. The first-order valence-corrected chi connectivity index (χ1v) is 13.8. The number of carbonyl (C=O) groups is 3. The second-order valence-electron chi connectivity index (χ2n) is 11.6. The number of fused-ring (bicyclic) bond motifs is 5. The van der Waals surface area contributed by atoms with E-state index in [1.807, 2.05) is 7.05 Å². The zero-order valence-electron chi connectivity index (χ0n) is 23.4. The number of nitrogens with one attached hydrogen (secondary N) is 1. The molecule has 11 nitrogen and oxygen atoms in total. The first-order chi connectivity index (χ1) is 18.4. The maximum atomic E-state index is 12.7. The molecule has 0 aromatic carbocycles. The SMILES string of the molecule is CNCCCON=C1CC[C@]2(C)[C@H]3CC[C@]4(C)C(=O)CC[C@H]4[C@@H]3C/C(=N\OC)[C@@]2(O)C1.O=C(O)/C=C/C(=O)O. The average Bonchev–Trinajstić information content (AvgIpc) is 3.19. The van der Waals surface area contributed by atoms with Crippen LogP contribution in [0.2, 0.25) is 0 Å². The van der Waals surface area contributed by atoms with Crippen LogP contribution in [-0.4, -0.2) is 77.4 Å². The van der Waals surface area contributed by atoms with Crippen LogP contribution < -0.4 is 5.32 Å². The molecular formula is C28H43N3O8. The summed E-state index contributed by atoms with van der Waals surface area (Å²) in [6, 6.07) is 0. The summed E-state index contributed by atoms with van der Waals surface area (Å²) >= 11 is 0. The molecule has 0 unspecified atom stereocenters. The minimum Gasteiger partial charge on any atom is -0.478 e. The smallest absolute Gasteiger partial charge is 0.328 e. The predicted molar refractivity (Wildman–Crippen MR) is 144 cm³/mol. The molecule has 0 spiro atoms. The molecule has 39 heavy (non-hydrogen) atoms. The highest BCUT2D eigenvalue weighted by Crippen LogP contribution is 2.65. The molecular weight excluding hydrogens is 506 g/mol. The minimum absolute atomic E-state index is 0.201. The Balaban J connectivity index is 0.000000459. The van der Waals surface area contributed by atoms with Crippen LogP contribution in [0.1, 0.15) is 71.6 Å². The fourth-order valence-electron chi connectivity index (χ4n) is 7.54. The van der Waals surface area contributed by atoms with Crippen molar-refractivity contribution in [2.24, 2.45) is 38.9 Å². The molecule has 4 fully saturated rings. The van der Waals surface area contributed by atoms with E-state index in [4.69, 9.17) is 19.9 Å². The van der Waals surface area contributed by atoms with Gasteiger partial charge in [0.15, 0.2) is 0 Å². The lowest BCUT2D eigenvalue weighted by atomic mass is 9.43. The maximum Gasteiger partial charge on any atom is 0.328 e. The van der Waals surface area contributed by atoms with Gasteiger partial charge in [0.2, 0.25) is 0 Å². The second-order valence-corrected chi connectivity index (χ2v) is 11.6. The van der Waals surface area contributed by atoms with Gasteiger partial charge in [-0.15, -0.1) is 0 Å². The van der Waals surface area contributed by atoms with Gasteiger partial charge in [-0.2, -0.15) is 0 Å². The van der Waals surface area contributed by atoms with Crippen LogP contribution in [0.25, 0.3) is 0 Å². The molecule has 0 aromatic rings. The van der Waals surface area contributed by atoms with Gasteiger partial charge in [-0.05, 0) is 76.3 Å². The van der Waals surface area contributed by atoms with E-state index < -0.39 is 17.5 Å². The Morgan fingerprint density at radius 1 is 1.08 bits per heavy atom. The van der Waals surface area contributed by atoms with Crippen molar-refractivity contribution < 1.29 is 39.4 Å². The number of ketones is 1. The van der Waals surface area contributed by atoms with Crippen LogP contribution in [0.15, 0.2) is 22.5 Å². The van der Waals surface area contributed by atoms with E-state index in [1.165, 1.54) is 0 Å².